The summed E-state index contributed by atoms with van der Waals surface area (Å²) < 4.78 is 5.57. The number of rotatable bonds is 4. The first-order valence-corrected chi connectivity index (χ1v) is 8.00. The molecule has 0 saturated heterocycles. The Labute approximate surface area is 123 Å². The van der Waals surface area contributed by atoms with Gasteiger partial charge in [-0.1, -0.05) is 23.3 Å². The minimum Gasteiger partial charge on any atom is -0.462 e. The van der Waals surface area contributed by atoms with Crippen molar-refractivity contribution in [2.24, 2.45) is 5.41 Å². The van der Waals surface area contributed by atoms with Crippen LogP contribution in [0.1, 0.15) is 72.1 Å². The fraction of sp³-hybridized carbons (Fsp3) is 0.722. The normalized spacial score (nSPS) is 29.1. The lowest BCUT2D eigenvalue weighted by atomic mass is 9.71. The van der Waals surface area contributed by atoms with E-state index in [4.69, 9.17) is 4.74 Å². The third-order valence-corrected chi connectivity index (χ3v) is 4.89. The zero-order valence-corrected chi connectivity index (χ0v) is 13.2. The van der Waals surface area contributed by atoms with Gasteiger partial charge in [0.2, 0.25) is 0 Å². The third kappa shape index (κ3) is 3.74. The van der Waals surface area contributed by atoms with Gasteiger partial charge in [-0.3, -0.25) is 4.79 Å². The molecule has 0 radical (unpaired) electrons. The van der Waals surface area contributed by atoms with Crippen LogP contribution in [0, 0.1) is 5.41 Å². The van der Waals surface area contributed by atoms with E-state index < -0.39 is 0 Å². The summed E-state index contributed by atoms with van der Waals surface area (Å²) in [5.41, 5.74) is 3.26. The van der Waals surface area contributed by atoms with Crippen molar-refractivity contribution in [1.82, 2.24) is 0 Å². The molecule has 2 heteroatoms. The minimum absolute atomic E-state index is 0.116. The van der Waals surface area contributed by atoms with E-state index in [-0.39, 0.29) is 17.5 Å². The van der Waals surface area contributed by atoms with E-state index in [0.717, 1.165) is 19.3 Å². The third-order valence-electron chi connectivity index (χ3n) is 4.89. The highest BCUT2D eigenvalue weighted by Crippen LogP contribution is 2.50. The molecule has 0 amide bonds. The first kappa shape index (κ1) is 15.3. The van der Waals surface area contributed by atoms with Crippen molar-refractivity contribution in [1.29, 1.82) is 0 Å². The molecule has 2 rings (SSSR count). The lowest BCUT2D eigenvalue weighted by Gasteiger charge is -2.37. The lowest BCUT2D eigenvalue weighted by Crippen LogP contribution is -2.34. The molecule has 0 aromatic carbocycles. The van der Waals surface area contributed by atoms with Crippen LogP contribution in [0.15, 0.2) is 23.3 Å². The van der Waals surface area contributed by atoms with E-state index in [9.17, 15) is 4.79 Å². The molecule has 0 bridgehead atoms. The number of hydrogen-bond donors (Lipinski definition) is 0. The average Bonchev–Trinajstić information content (AvgIpc) is 2.74. The quantitative estimate of drug-likeness (QED) is 0.536. The van der Waals surface area contributed by atoms with Gasteiger partial charge in [0.1, 0.15) is 6.10 Å². The van der Waals surface area contributed by atoms with Gasteiger partial charge in [-0.05, 0) is 65.2 Å². The Hall–Kier alpha value is -1.05. The molecule has 0 aromatic rings. The van der Waals surface area contributed by atoms with Crippen molar-refractivity contribution in [2.45, 2.75) is 78.2 Å². The smallest absolute Gasteiger partial charge is 0.302 e. The van der Waals surface area contributed by atoms with Gasteiger partial charge in [0.05, 0.1) is 0 Å². The molecule has 2 unspecified atom stereocenters. The van der Waals surface area contributed by atoms with E-state index in [0.29, 0.717) is 0 Å². The van der Waals surface area contributed by atoms with Gasteiger partial charge in [-0.15, -0.1) is 0 Å². The summed E-state index contributed by atoms with van der Waals surface area (Å²) in [7, 11) is 0. The number of hydrogen-bond acceptors (Lipinski definition) is 2. The molecular weight excluding hydrogens is 248 g/mol. The highest BCUT2D eigenvalue weighted by molar-refractivity contribution is 5.66. The first-order chi connectivity index (χ1) is 9.52. The standard InChI is InChI=1S/C18H28O2/c1-14(2)6-4-7-16-9-12-18(13-10-16)11-5-8-17(18)20-15(3)19/h6,9,17H,4-5,7-8,10-13H2,1-3H3. The average molecular weight is 276 g/mol. The van der Waals surface area contributed by atoms with Crippen LogP contribution in [-0.4, -0.2) is 12.1 Å². The molecule has 0 aromatic heterocycles. The number of ether oxygens (including phenoxy) is 1. The molecular formula is C18H28O2. The maximum atomic E-state index is 11.3. The SMILES string of the molecule is CC(=O)OC1CCCC12CC=C(CCC=C(C)C)CC2. The van der Waals surface area contributed by atoms with Crippen LogP contribution in [0.3, 0.4) is 0 Å². The molecule has 0 heterocycles. The second-order valence-electron chi connectivity index (χ2n) is 6.74. The van der Waals surface area contributed by atoms with E-state index in [1.807, 2.05) is 0 Å². The topological polar surface area (TPSA) is 26.3 Å². The molecule has 20 heavy (non-hydrogen) atoms. The van der Waals surface area contributed by atoms with Gasteiger partial charge >= 0.3 is 5.97 Å². The molecule has 1 spiro atoms. The van der Waals surface area contributed by atoms with Gasteiger partial charge in [-0.25, -0.2) is 0 Å². The van der Waals surface area contributed by atoms with Crippen molar-refractivity contribution < 1.29 is 9.53 Å². The zero-order chi connectivity index (χ0) is 14.6. The van der Waals surface area contributed by atoms with Crippen molar-refractivity contribution in [2.75, 3.05) is 0 Å². The van der Waals surface area contributed by atoms with Crippen molar-refractivity contribution >= 4 is 5.97 Å². The van der Waals surface area contributed by atoms with E-state index >= 15 is 0 Å². The summed E-state index contributed by atoms with van der Waals surface area (Å²) in [6, 6.07) is 0. The fourth-order valence-corrected chi connectivity index (χ4v) is 3.74. The number of carbonyl (C=O) groups excluding carboxylic acids is 1. The predicted octanol–water partition coefficient (Wildman–Crippen LogP) is 4.95. The van der Waals surface area contributed by atoms with Gasteiger partial charge < -0.3 is 4.74 Å². The summed E-state index contributed by atoms with van der Waals surface area (Å²) in [6.45, 7) is 5.86. The Balaban J connectivity index is 1.92. The second kappa shape index (κ2) is 6.60. The maximum Gasteiger partial charge on any atom is 0.302 e. The molecule has 2 nitrogen and oxygen atoms in total. The largest absolute Gasteiger partial charge is 0.462 e. The number of carbonyl (C=O) groups is 1. The number of allylic oxidation sites excluding steroid dienone is 4. The van der Waals surface area contributed by atoms with E-state index in [1.54, 1.807) is 5.57 Å². The Morgan fingerprint density at radius 3 is 2.80 bits per heavy atom. The Bertz CT molecular complexity index is 415. The first-order valence-electron chi connectivity index (χ1n) is 8.00. The molecule has 2 aliphatic rings. The van der Waals surface area contributed by atoms with Crippen LogP contribution in [0.4, 0.5) is 0 Å². The summed E-state index contributed by atoms with van der Waals surface area (Å²) >= 11 is 0. The van der Waals surface area contributed by atoms with Crippen LogP contribution in [-0.2, 0) is 9.53 Å². The summed E-state index contributed by atoms with van der Waals surface area (Å²) in [4.78, 5) is 11.3. The zero-order valence-electron chi connectivity index (χ0n) is 13.2. The molecule has 2 atom stereocenters. The Morgan fingerprint density at radius 2 is 2.20 bits per heavy atom. The van der Waals surface area contributed by atoms with Crippen LogP contribution in [0.2, 0.25) is 0 Å². The number of esters is 1. The van der Waals surface area contributed by atoms with Crippen LogP contribution >= 0.6 is 0 Å². The monoisotopic (exact) mass is 276 g/mol. The fourth-order valence-electron chi connectivity index (χ4n) is 3.74. The summed E-state index contributed by atoms with van der Waals surface area (Å²) in [5.74, 6) is -0.116. The molecule has 112 valence electrons. The van der Waals surface area contributed by atoms with Gasteiger partial charge in [0.15, 0.2) is 0 Å². The van der Waals surface area contributed by atoms with Gasteiger partial charge in [0, 0.05) is 12.3 Å². The predicted molar refractivity (Wildman–Crippen MR) is 82.4 cm³/mol. The van der Waals surface area contributed by atoms with Crippen molar-refractivity contribution in [3.05, 3.63) is 23.3 Å². The summed E-state index contributed by atoms with van der Waals surface area (Å²) in [5, 5.41) is 0. The van der Waals surface area contributed by atoms with Gasteiger partial charge in [0.25, 0.3) is 0 Å². The van der Waals surface area contributed by atoms with Crippen molar-refractivity contribution in [3.63, 3.8) is 0 Å². The highest BCUT2D eigenvalue weighted by atomic mass is 16.5. The molecule has 0 N–H and O–H groups in total. The van der Waals surface area contributed by atoms with E-state index in [1.165, 1.54) is 44.6 Å². The molecule has 1 fully saturated rings. The van der Waals surface area contributed by atoms with Crippen molar-refractivity contribution in [3.8, 4) is 0 Å². The maximum absolute atomic E-state index is 11.3. The summed E-state index contributed by atoms with van der Waals surface area (Å²) in [6.07, 6.45) is 14.3. The highest BCUT2D eigenvalue weighted by Gasteiger charge is 2.45. The Morgan fingerprint density at radius 1 is 1.40 bits per heavy atom. The molecule has 2 aliphatic carbocycles. The molecule has 1 saturated carbocycles. The van der Waals surface area contributed by atoms with Crippen LogP contribution in [0.5, 0.6) is 0 Å². The van der Waals surface area contributed by atoms with Crippen LogP contribution in [0.25, 0.3) is 0 Å². The van der Waals surface area contributed by atoms with Gasteiger partial charge in [-0.2, -0.15) is 0 Å². The minimum atomic E-state index is -0.116. The second-order valence-corrected chi connectivity index (χ2v) is 6.74. The lowest BCUT2D eigenvalue weighted by molar-refractivity contribution is -0.152. The van der Waals surface area contributed by atoms with E-state index in [2.05, 4.69) is 26.0 Å². The molecule has 0 aliphatic heterocycles. The Kier molecular flexibility index (Phi) is 5.06. The van der Waals surface area contributed by atoms with Crippen LogP contribution < -0.4 is 0 Å².